The fourth-order valence-corrected chi connectivity index (χ4v) is 7.78. The molecule has 0 radical (unpaired) electrons. The van der Waals surface area contributed by atoms with Crippen LogP contribution in [0.2, 0.25) is 0 Å². The molecule has 4 atom stereocenters. The maximum atomic E-state index is 15.8. The molecule has 0 spiro atoms. The van der Waals surface area contributed by atoms with Crippen LogP contribution in [-0.4, -0.2) is 86.7 Å². The molecule has 4 amide bonds. The number of carbonyl (C=O) groups is 4. The topological polar surface area (TPSA) is 175 Å². The molecule has 2 aromatic heterocycles. The van der Waals surface area contributed by atoms with Crippen LogP contribution < -0.4 is 10.7 Å². The average molecular weight is 771 g/mol. The third-order valence-electron chi connectivity index (χ3n) is 10.8. The zero-order chi connectivity index (χ0) is 40.1. The molecule has 14 nitrogen and oxygen atoms in total. The Morgan fingerprint density at radius 2 is 1.46 bits per heavy atom. The van der Waals surface area contributed by atoms with E-state index in [0.717, 1.165) is 48.9 Å². The fourth-order valence-electron chi connectivity index (χ4n) is 7.78. The quantitative estimate of drug-likeness (QED) is 0.124. The second-order valence-electron chi connectivity index (χ2n) is 15.1. The van der Waals surface area contributed by atoms with Crippen molar-refractivity contribution in [3.05, 3.63) is 72.3 Å². The first-order chi connectivity index (χ1) is 26.9. The van der Waals surface area contributed by atoms with Gasteiger partial charge >= 0.3 is 12.2 Å². The molecule has 4 aromatic rings. The van der Waals surface area contributed by atoms with E-state index in [4.69, 9.17) is 9.47 Å². The molecule has 15 heteroatoms. The Labute approximate surface area is 325 Å². The van der Waals surface area contributed by atoms with Crippen LogP contribution in [-0.2, 0) is 19.1 Å². The molecule has 56 heavy (non-hydrogen) atoms. The van der Waals surface area contributed by atoms with Crippen molar-refractivity contribution in [2.24, 2.45) is 11.8 Å². The van der Waals surface area contributed by atoms with Crippen LogP contribution in [0, 0.1) is 17.7 Å². The number of nitrogens with zero attached hydrogens (tertiary/aromatic N) is 4. The van der Waals surface area contributed by atoms with Crippen molar-refractivity contribution in [1.82, 2.24) is 40.6 Å². The van der Waals surface area contributed by atoms with Crippen molar-refractivity contribution in [2.45, 2.75) is 90.3 Å². The number of alkyl carbamates (subject to hydrolysis) is 1. The van der Waals surface area contributed by atoms with Gasteiger partial charge in [0.05, 0.1) is 44.0 Å². The number of aromatic amines is 2. The number of amides is 4. The van der Waals surface area contributed by atoms with Gasteiger partial charge < -0.3 is 29.7 Å². The van der Waals surface area contributed by atoms with Crippen LogP contribution in [0.3, 0.4) is 0 Å². The van der Waals surface area contributed by atoms with Gasteiger partial charge in [-0.05, 0) is 74.3 Å². The predicted molar refractivity (Wildman–Crippen MR) is 207 cm³/mol. The van der Waals surface area contributed by atoms with Crippen LogP contribution in [0.4, 0.5) is 14.0 Å². The van der Waals surface area contributed by atoms with E-state index in [1.165, 1.54) is 25.3 Å². The summed E-state index contributed by atoms with van der Waals surface area (Å²) < 4.78 is 25.2. The smallest absolute Gasteiger partial charge is 0.425 e. The van der Waals surface area contributed by atoms with Crippen molar-refractivity contribution < 1.29 is 33.0 Å². The van der Waals surface area contributed by atoms with Gasteiger partial charge in [-0.1, -0.05) is 57.0 Å². The summed E-state index contributed by atoms with van der Waals surface area (Å²) in [5, 5.41) is 3.99. The number of benzene rings is 2. The van der Waals surface area contributed by atoms with Gasteiger partial charge in [0.1, 0.15) is 23.5 Å². The van der Waals surface area contributed by atoms with Crippen LogP contribution in [0.5, 0.6) is 0 Å². The average Bonchev–Trinajstić information content (AvgIpc) is 4.00. The Balaban J connectivity index is 1.14. The number of halogens is 1. The van der Waals surface area contributed by atoms with E-state index in [9.17, 15) is 19.2 Å². The molecule has 6 rings (SSSR count). The minimum Gasteiger partial charge on any atom is -0.453 e. The van der Waals surface area contributed by atoms with Crippen molar-refractivity contribution in [3.63, 3.8) is 0 Å². The van der Waals surface area contributed by atoms with Gasteiger partial charge in [-0.25, -0.2) is 34.4 Å². The second-order valence-corrected chi connectivity index (χ2v) is 15.1. The Hall–Kier alpha value is -5.73. The number of nitrogens with one attached hydrogen (secondary N) is 4. The summed E-state index contributed by atoms with van der Waals surface area (Å²) in [5.41, 5.74) is 6.62. The van der Waals surface area contributed by atoms with Crippen LogP contribution in [0.15, 0.2) is 54.9 Å². The summed E-state index contributed by atoms with van der Waals surface area (Å²) in [6, 6.07) is 11.6. The van der Waals surface area contributed by atoms with E-state index >= 15 is 4.39 Å². The molecular weight excluding hydrogens is 719 g/mol. The van der Waals surface area contributed by atoms with Gasteiger partial charge in [0.25, 0.3) is 0 Å². The highest BCUT2D eigenvalue weighted by atomic mass is 19.1. The monoisotopic (exact) mass is 770 g/mol. The number of hydrogen-bond donors (Lipinski definition) is 4. The number of rotatable bonds is 10. The number of aromatic nitrogens is 4. The predicted octanol–water partition coefficient (Wildman–Crippen LogP) is 7.10. The van der Waals surface area contributed by atoms with E-state index in [2.05, 4.69) is 30.7 Å². The molecule has 0 bridgehead atoms. The Kier molecular flexibility index (Phi) is 12.4. The number of carbonyl (C=O) groups excluding carboxylic acids is 4. The maximum absolute atomic E-state index is 15.8. The third kappa shape index (κ3) is 8.56. The highest BCUT2D eigenvalue weighted by Gasteiger charge is 2.39. The second kappa shape index (κ2) is 17.4. The number of H-pyrrole nitrogens is 2. The van der Waals surface area contributed by atoms with E-state index in [-0.39, 0.29) is 35.7 Å². The number of hydrazine groups is 1. The lowest BCUT2D eigenvalue weighted by Gasteiger charge is -2.35. The molecule has 0 unspecified atom stereocenters. The minimum atomic E-state index is -0.715. The van der Waals surface area contributed by atoms with Gasteiger partial charge in [0, 0.05) is 30.0 Å². The Morgan fingerprint density at radius 3 is 2.14 bits per heavy atom. The lowest BCUT2D eigenvalue weighted by Crippen LogP contribution is -2.53. The molecular formula is C41H51FN8O6. The van der Waals surface area contributed by atoms with Gasteiger partial charge in [-0.3, -0.25) is 9.59 Å². The Bertz CT molecular complexity index is 2030. The highest BCUT2D eigenvalue weighted by molar-refractivity contribution is 5.86. The molecule has 1 aliphatic carbocycles. The fraction of sp³-hybridized carbons (Fsp3) is 0.463. The standard InChI is InChI=1S/C41H51FN8O6/c1-23(2)35(47-40(53)55-5)39(52)49-19-9-12-34(49)37-44-21-32(45-37)26-15-13-25(14-16-26)27-17-18-30(31(42)20-27)33-22-43-36(46-33)28-10-7-8-11-29(28)38(51)50(24(3)4)48-41(54)56-6/h13-18,20-24,28-29,34-35H,7-12,19H2,1-6H3,(H,43,46)(H,44,45)(H,47,53)(H,48,54)/t28-,29-,34-,35-/m0/s1. The summed E-state index contributed by atoms with van der Waals surface area (Å²) in [6.45, 7) is 7.97. The largest absolute Gasteiger partial charge is 0.453 e. The van der Waals surface area contributed by atoms with E-state index < -0.39 is 30.0 Å². The van der Waals surface area contributed by atoms with E-state index in [1.807, 2.05) is 58.0 Å². The molecule has 3 heterocycles. The van der Waals surface area contributed by atoms with Gasteiger partial charge in [0.15, 0.2) is 0 Å². The zero-order valence-electron chi connectivity index (χ0n) is 32.7. The van der Waals surface area contributed by atoms with Crippen LogP contribution >= 0.6 is 0 Å². The summed E-state index contributed by atoms with van der Waals surface area (Å²) in [6.07, 6.45) is 6.74. The van der Waals surface area contributed by atoms with E-state index in [0.29, 0.717) is 41.4 Å². The lowest BCUT2D eigenvalue weighted by molar-refractivity contribution is -0.142. The number of ether oxygens (including phenoxy) is 2. The first kappa shape index (κ1) is 39.9. The molecule has 4 N–H and O–H groups in total. The van der Waals surface area contributed by atoms with Gasteiger partial charge in [-0.15, -0.1) is 0 Å². The number of likely N-dealkylation sites (tertiary alicyclic amines) is 1. The SMILES string of the molecule is COC(=O)N[C@H](C(=O)N1CCC[C@H]1c1ncc(-c2ccc(-c3ccc(-c4cnc([C@H]5CCCC[C@@H]5C(=O)N(NC(=O)OC)C(C)C)[nH]4)c(F)c3)cc2)[nH]1)C(C)C. The minimum absolute atomic E-state index is 0.129. The maximum Gasteiger partial charge on any atom is 0.425 e. The molecule has 2 aliphatic rings. The molecule has 1 saturated carbocycles. The summed E-state index contributed by atoms with van der Waals surface area (Å²) >= 11 is 0. The summed E-state index contributed by atoms with van der Waals surface area (Å²) in [4.78, 5) is 68.8. The first-order valence-corrected chi connectivity index (χ1v) is 19.2. The van der Waals surface area contributed by atoms with Crippen LogP contribution in [0.1, 0.15) is 89.8 Å². The number of hydrogen-bond acceptors (Lipinski definition) is 8. The molecule has 298 valence electrons. The highest BCUT2D eigenvalue weighted by Crippen LogP contribution is 2.39. The Morgan fingerprint density at radius 1 is 0.821 bits per heavy atom. The summed E-state index contributed by atoms with van der Waals surface area (Å²) in [7, 11) is 2.53. The van der Waals surface area contributed by atoms with Gasteiger partial charge in [-0.2, -0.15) is 0 Å². The van der Waals surface area contributed by atoms with Crippen LogP contribution in [0.25, 0.3) is 33.6 Å². The van der Waals surface area contributed by atoms with Crippen molar-refractivity contribution in [2.75, 3.05) is 20.8 Å². The van der Waals surface area contributed by atoms with Gasteiger partial charge in [0.2, 0.25) is 11.8 Å². The van der Waals surface area contributed by atoms with Crippen molar-refractivity contribution in [1.29, 1.82) is 0 Å². The molecule has 1 aliphatic heterocycles. The first-order valence-electron chi connectivity index (χ1n) is 19.2. The van der Waals surface area contributed by atoms with Crippen molar-refractivity contribution >= 4 is 24.0 Å². The molecule has 1 saturated heterocycles. The molecule has 2 aromatic carbocycles. The number of methoxy groups -OCH3 is 2. The third-order valence-corrected chi connectivity index (χ3v) is 10.8. The molecule has 2 fully saturated rings. The summed E-state index contributed by atoms with van der Waals surface area (Å²) in [5.74, 6) is -0.261. The van der Waals surface area contributed by atoms with Crippen molar-refractivity contribution in [3.8, 4) is 33.6 Å². The van der Waals surface area contributed by atoms with E-state index in [1.54, 1.807) is 23.4 Å². The number of imidazole rings is 2. The normalized spacial score (nSPS) is 18.8. The lowest BCUT2D eigenvalue weighted by atomic mass is 9.78. The zero-order valence-corrected chi connectivity index (χ0v) is 32.7.